The lowest BCUT2D eigenvalue weighted by Crippen LogP contribution is -2.25. The summed E-state index contributed by atoms with van der Waals surface area (Å²) in [6, 6.07) is 8.04. The van der Waals surface area contributed by atoms with Crippen LogP contribution in [-0.2, 0) is 9.47 Å². The highest BCUT2D eigenvalue weighted by Gasteiger charge is 2.04. The van der Waals surface area contributed by atoms with Crippen molar-refractivity contribution in [2.24, 2.45) is 0 Å². The topological polar surface area (TPSA) is 54.0 Å². The van der Waals surface area contributed by atoms with Crippen molar-refractivity contribution in [2.45, 2.75) is 6.10 Å². The van der Waals surface area contributed by atoms with Gasteiger partial charge in [0.05, 0.1) is 25.9 Å². The van der Waals surface area contributed by atoms with E-state index in [0.717, 1.165) is 11.4 Å². The molecule has 0 saturated heterocycles. The van der Waals surface area contributed by atoms with E-state index in [-0.39, 0.29) is 0 Å². The number of nitrogens with zero attached hydrogens (tertiary/aromatic N) is 1. The van der Waals surface area contributed by atoms with Crippen LogP contribution < -0.4 is 10.2 Å². The van der Waals surface area contributed by atoms with Crippen LogP contribution in [-0.4, -0.2) is 58.8 Å². The number of benzene rings is 1. The van der Waals surface area contributed by atoms with Crippen molar-refractivity contribution >= 4 is 11.4 Å². The van der Waals surface area contributed by atoms with Crippen molar-refractivity contribution in [3.8, 4) is 0 Å². The Labute approximate surface area is 115 Å². The largest absolute Gasteiger partial charge is 0.389 e. The first-order chi connectivity index (χ1) is 9.13. The Morgan fingerprint density at radius 1 is 1.32 bits per heavy atom. The average Bonchev–Trinajstić information content (AvgIpc) is 2.41. The molecule has 5 nitrogen and oxygen atoms in total. The van der Waals surface area contributed by atoms with Crippen LogP contribution in [0, 0.1) is 0 Å². The first-order valence-electron chi connectivity index (χ1n) is 6.39. The fourth-order valence-corrected chi connectivity index (χ4v) is 1.55. The molecule has 1 aromatic carbocycles. The van der Waals surface area contributed by atoms with Gasteiger partial charge in [0.15, 0.2) is 0 Å². The Balaban J connectivity index is 2.29. The van der Waals surface area contributed by atoms with Crippen LogP contribution in [0.3, 0.4) is 0 Å². The lowest BCUT2D eigenvalue weighted by atomic mass is 10.2. The molecule has 0 aliphatic heterocycles. The van der Waals surface area contributed by atoms with Crippen LogP contribution in [0.4, 0.5) is 11.4 Å². The second kappa shape index (κ2) is 8.74. The molecule has 0 aliphatic carbocycles. The molecule has 1 aromatic rings. The first-order valence-corrected chi connectivity index (χ1v) is 6.39. The highest BCUT2D eigenvalue weighted by Crippen LogP contribution is 2.17. The summed E-state index contributed by atoms with van der Waals surface area (Å²) in [6.07, 6.45) is -0.528. The van der Waals surface area contributed by atoms with E-state index in [1.54, 1.807) is 7.11 Å². The van der Waals surface area contributed by atoms with Gasteiger partial charge in [-0.15, -0.1) is 0 Å². The number of hydrogen-bond acceptors (Lipinski definition) is 5. The monoisotopic (exact) mass is 268 g/mol. The summed E-state index contributed by atoms with van der Waals surface area (Å²) in [4.78, 5) is 2.04. The lowest BCUT2D eigenvalue weighted by Gasteiger charge is -2.16. The van der Waals surface area contributed by atoms with Gasteiger partial charge in [-0.2, -0.15) is 0 Å². The maximum absolute atomic E-state index is 9.75. The predicted octanol–water partition coefficient (Wildman–Crippen LogP) is 1.19. The SMILES string of the molecule is COCCOCC(O)CNc1cccc(N(C)C)c1. The minimum absolute atomic E-state index is 0.309. The standard InChI is InChI=1S/C14H24N2O3/c1-16(2)13-6-4-5-12(9-13)15-10-14(17)11-19-8-7-18-3/h4-6,9,14-15,17H,7-8,10-11H2,1-3H3. The summed E-state index contributed by atoms with van der Waals surface area (Å²) >= 11 is 0. The first kappa shape index (κ1) is 15.8. The number of nitrogens with one attached hydrogen (secondary N) is 1. The van der Waals surface area contributed by atoms with E-state index in [9.17, 15) is 5.11 Å². The molecule has 1 unspecified atom stereocenters. The Morgan fingerprint density at radius 2 is 2.11 bits per heavy atom. The van der Waals surface area contributed by atoms with Gasteiger partial charge in [-0.25, -0.2) is 0 Å². The normalized spacial score (nSPS) is 12.2. The zero-order valence-corrected chi connectivity index (χ0v) is 11.9. The van der Waals surface area contributed by atoms with Gasteiger partial charge in [0.25, 0.3) is 0 Å². The number of aliphatic hydroxyl groups is 1. The molecular formula is C14H24N2O3. The van der Waals surface area contributed by atoms with Crippen molar-refractivity contribution in [1.82, 2.24) is 0 Å². The van der Waals surface area contributed by atoms with Crippen molar-refractivity contribution in [1.29, 1.82) is 0 Å². The number of anilines is 2. The summed E-state index contributed by atoms with van der Waals surface area (Å²) in [5.74, 6) is 0. The zero-order chi connectivity index (χ0) is 14.1. The second-order valence-corrected chi connectivity index (χ2v) is 4.55. The van der Waals surface area contributed by atoms with Gasteiger partial charge in [0.1, 0.15) is 0 Å². The number of hydrogen-bond donors (Lipinski definition) is 2. The van der Waals surface area contributed by atoms with Crippen LogP contribution in [0.1, 0.15) is 0 Å². The lowest BCUT2D eigenvalue weighted by molar-refractivity contribution is 0.0182. The van der Waals surface area contributed by atoms with E-state index < -0.39 is 6.10 Å². The molecule has 0 bridgehead atoms. The third-order valence-corrected chi connectivity index (χ3v) is 2.65. The minimum Gasteiger partial charge on any atom is -0.389 e. The van der Waals surface area contributed by atoms with E-state index in [2.05, 4.69) is 5.32 Å². The van der Waals surface area contributed by atoms with Crippen molar-refractivity contribution in [2.75, 3.05) is 57.8 Å². The maximum atomic E-state index is 9.75. The summed E-state index contributed by atoms with van der Waals surface area (Å²) in [6.45, 7) is 1.82. The van der Waals surface area contributed by atoms with E-state index >= 15 is 0 Å². The number of aliphatic hydroxyl groups excluding tert-OH is 1. The third-order valence-electron chi connectivity index (χ3n) is 2.65. The Morgan fingerprint density at radius 3 is 2.79 bits per heavy atom. The maximum Gasteiger partial charge on any atom is 0.0945 e. The van der Waals surface area contributed by atoms with Gasteiger partial charge in [-0.3, -0.25) is 0 Å². The second-order valence-electron chi connectivity index (χ2n) is 4.55. The van der Waals surface area contributed by atoms with Crippen LogP contribution in [0.15, 0.2) is 24.3 Å². The molecular weight excluding hydrogens is 244 g/mol. The summed E-state index contributed by atoms with van der Waals surface area (Å²) in [5.41, 5.74) is 2.11. The smallest absolute Gasteiger partial charge is 0.0945 e. The molecule has 0 spiro atoms. The van der Waals surface area contributed by atoms with E-state index in [1.165, 1.54) is 0 Å². The molecule has 1 rings (SSSR count). The quantitative estimate of drug-likeness (QED) is 0.659. The van der Waals surface area contributed by atoms with Crippen LogP contribution >= 0.6 is 0 Å². The minimum atomic E-state index is -0.528. The third kappa shape index (κ3) is 6.42. The van der Waals surface area contributed by atoms with E-state index in [0.29, 0.717) is 26.4 Å². The Bertz CT molecular complexity index is 358. The van der Waals surface area contributed by atoms with Gasteiger partial charge in [-0.1, -0.05) is 6.07 Å². The van der Waals surface area contributed by atoms with Gasteiger partial charge >= 0.3 is 0 Å². The molecule has 5 heteroatoms. The predicted molar refractivity (Wildman–Crippen MR) is 78.0 cm³/mol. The van der Waals surface area contributed by atoms with Gasteiger partial charge in [-0.05, 0) is 18.2 Å². The molecule has 0 fully saturated rings. The summed E-state index contributed by atoms with van der Waals surface area (Å²) in [7, 11) is 5.62. The van der Waals surface area contributed by atoms with E-state index in [4.69, 9.17) is 9.47 Å². The number of ether oxygens (including phenoxy) is 2. The van der Waals surface area contributed by atoms with Crippen molar-refractivity contribution < 1.29 is 14.6 Å². The number of rotatable bonds is 9. The molecule has 2 N–H and O–H groups in total. The van der Waals surface area contributed by atoms with Gasteiger partial charge < -0.3 is 24.8 Å². The fraction of sp³-hybridized carbons (Fsp3) is 0.571. The van der Waals surface area contributed by atoms with Crippen molar-refractivity contribution in [3.05, 3.63) is 24.3 Å². The Hall–Kier alpha value is -1.30. The molecule has 0 saturated carbocycles. The van der Waals surface area contributed by atoms with Crippen LogP contribution in [0.5, 0.6) is 0 Å². The number of methoxy groups -OCH3 is 1. The Kier molecular flexibility index (Phi) is 7.25. The van der Waals surface area contributed by atoms with E-state index in [1.807, 2.05) is 43.3 Å². The summed E-state index contributed by atoms with van der Waals surface area (Å²) < 4.78 is 10.1. The molecule has 0 amide bonds. The van der Waals surface area contributed by atoms with Gasteiger partial charge in [0.2, 0.25) is 0 Å². The van der Waals surface area contributed by atoms with Crippen molar-refractivity contribution in [3.63, 3.8) is 0 Å². The molecule has 0 aliphatic rings. The van der Waals surface area contributed by atoms with Gasteiger partial charge in [0, 0.05) is 39.1 Å². The van der Waals surface area contributed by atoms with Crippen LogP contribution in [0.25, 0.3) is 0 Å². The molecule has 108 valence electrons. The average molecular weight is 268 g/mol. The highest BCUT2D eigenvalue weighted by molar-refractivity contribution is 5.57. The molecule has 1 atom stereocenters. The van der Waals surface area contributed by atoms with Crippen LogP contribution in [0.2, 0.25) is 0 Å². The molecule has 19 heavy (non-hydrogen) atoms. The fourth-order valence-electron chi connectivity index (χ4n) is 1.55. The molecule has 0 radical (unpaired) electrons. The molecule has 0 heterocycles. The summed E-state index contributed by atoms with van der Waals surface area (Å²) in [5, 5.41) is 12.9. The molecule has 0 aromatic heterocycles. The highest BCUT2D eigenvalue weighted by atomic mass is 16.5. The zero-order valence-electron chi connectivity index (χ0n) is 11.9.